The van der Waals surface area contributed by atoms with Crippen LogP contribution in [-0.2, 0) is 18.4 Å². The molecule has 0 saturated heterocycles. The molecule has 1 amide bonds. The molecule has 21 heavy (non-hydrogen) atoms. The van der Waals surface area contributed by atoms with Crippen molar-refractivity contribution in [2.45, 2.75) is 23.9 Å². The zero-order valence-corrected chi connectivity index (χ0v) is 12.9. The molecule has 1 atom stereocenters. The van der Waals surface area contributed by atoms with E-state index >= 15 is 0 Å². The first-order chi connectivity index (χ1) is 10.1. The van der Waals surface area contributed by atoms with E-state index < -0.39 is 0 Å². The van der Waals surface area contributed by atoms with Crippen LogP contribution in [0, 0.1) is 0 Å². The molecule has 0 unspecified atom stereocenters. The molecule has 1 aromatic heterocycles. The third kappa shape index (κ3) is 3.94. The summed E-state index contributed by atoms with van der Waals surface area (Å²) in [6.07, 6.45) is 0. The summed E-state index contributed by atoms with van der Waals surface area (Å²) in [4.78, 5) is 12.1. The Morgan fingerprint density at radius 2 is 2.24 bits per heavy atom. The van der Waals surface area contributed by atoms with E-state index in [0.717, 1.165) is 11.3 Å². The number of methoxy groups -OCH3 is 1. The quantitative estimate of drug-likeness (QED) is 0.802. The fourth-order valence-electron chi connectivity index (χ4n) is 1.71. The molecule has 0 aliphatic heterocycles. The van der Waals surface area contributed by atoms with E-state index in [0.29, 0.717) is 11.7 Å². The average Bonchev–Trinajstić information content (AvgIpc) is 2.90. The van der Waals surface area contributed by atoms with Crippen molar-refractivity contribution in [1.29, 1.82) is 0 Å². The summed E-state index contributed by atoms with van der Waals surface area (Å²) in [6.45, 7) is 2.24. The molecule has 1 N–H and O–H groups in total. The Bertz CT molecular complexity index is 616. The van der Waals surface area contributed by atoms with Gasteiger partial charge in [0.2, 0.25) is 11.1 Å². The van der Waals surface area contributed by atoms with Crippen molar-refractivity contribution < 1.29 is 9.53 Å². The number of amides is 1. The first kappa shape index (κ1) is 15.3. The molecule has 0 aliphatic carbocycles. The highest BCUT2D eigenvalue weighted by atomic mass is 32.2. The molecule has 2 aromatic rings. The van der Waals surface area contributed by atoms with Crippen molar-refractivity contribution in [3.8, 4) is 5.75 Å². The number of carbonyl (C=O) groups is 1. The number of aryl methyl sites for hydroxylation is 1. The number of ether oxygens (including phenoxy) is 1. The summed E-state index contributed by atoms with van der Waals surface area (Å²) in [5.41, 5.74) is 0.936. The number of hydrogen-bond donors (Lipinski definition) is 1. The molecule has 2 rings (SSSR count). The molecular formula is C13H17N5O2S. The molecule has 7 nitrogen and oxygen atoms in total. The van der Waals surface area contributed by atoms with Crippen LogP contribution in [0.3, 0.4) is 0 Å². The number of carbonyl (C=O) groups excluding carboxylic acids is 1. The predicted molar refractivity (Wildman–Crippen MR) is 79.0 cm³/mol. The maximum absolute atomic E-state index is 12.1. The number of rotatable bonds is 6. The lowest BCUT2D eigenvalue weighted by molar-refractivity contribution is -0.120. The Kier molecular flexibility index (Phi) is 5.15. The van der Waals surface area contributed by atoms with Crippen molar-refractivity contribution in [3.05, 3.63) is 29.8 Å². The Hall–Kier alpha value is -2.09. The molecule has 112 valence electrons. The maximum Gasteiger partial charge on any atom is 0.233 e. The van der Waals surface area contributed by atoms with Crippen molar-refractivity contribution >= 4 is 17.7 Å². The normalized spacial score (nSPS) is 12.0. The van der Waals surface area contributed by atoms with Crippen LogP contribution in [0.15, 0.2) is 29.4 Å². The minimum Gasteiger partial charge on any atom is -0.496 e. The van der Waals surface area contributed by atoms with Crippen LogP contribution in [0.2, 0.25) is 0 Å². The molecule has 0 aliphatic rings. The summed E-state index contributed by atoms with van der Waals surface area (Å²) >= 11 is 1.31. The second-order valence-corrected chi connectivity index (χ2v) is 5.68. The van der Waals surface area contributed by atoms with Crippen LogP contribution < -0.4 is 10.1 Å². The fourth-order valence-corrected chi connectivity index (χ4v) is 2.49. The standard InChI is InChI=1S/C13H17N5O2S/c1-9(21-13-15-16-17-18(13)2)12(19)14-8-10-6-4-5-7-11(10)20-3/h4-7,9H,8H2,1-3H3,(H,14,19)/t9-/m0/s1. The van der Waals surface area contributed by atoms with E-state index in [2.05, 4.69) is 20.8 Å². The van der Waals surface area contributed by atoms with Crippen LogP contribution in [0.4, 0.5) is 0 Å². The molecule has 1 heterocycles. The Balaban J connectivity index is 1.91. The summed E-state index contributed by atoms with van der Waals surface area (Å²) in [5, 5.41) is 14.3. The Morgan fingerprint density at radius 1 is 1.48 bits per heavy atom. The number of hydrogen-bond acceptors (Lipinski definition) is 6. The van der Waals surface area contributed by atoms with Gasteiger partial charge in [-0.15, -0.1) is 5.10 Å². The topological polar surface area (TPSA) is 81.9 Å². The molecule has 0 fully saturated rings. The van der Waals surface area contributed by atoms with Crippen LogP contribution in [0.1, 0.15) is 12.5 Å². The van der Waals surface area contributed by atoms with Gasteiger partial charge in [-0.3, -0.25) is 4.79 Å². The summed E-state index contributed by atoms with van der Waals surface area (Å²) in [5.74, 6) is 0.685. The lowest BCUT2D eigenvalue weighted by Crippen LogP contribution is -2.30. The molecule has 8 heteroatoms. The lowest BCUT2D eigenvalue weighted by Gasteiger charge is -2.12. The van der Waals surface area contributed by atoms with Gasteiger partial charge in [0.1, 0.15) is 5.75 Å². The smallest absolute Gasteiger partial charge is 0.233 e. The molecule has 0 bridgehead atoms. The number of nitrogens with one attached hydrogen (secondary N) is 1. The van der Waals surface area contributed by atoms with Gasteiger partial charge in [0.25, 0.3) is 0 Å². The third-order valence-electron chi connectivity index (χ3n) is 2.88. The van der Waals surface area contributed by atoms with E-state index in [-0.39, 0.29) is 11.2 Å². The zero-order valence-electron chi connectivity index (χ0n) is 12.1. The number of nitrogens with zero attached hydrogens (tertiary/aromatic N) is 4. The third-order valence-corrected chi connectivity index (χ3v) is 4.00. The van der Waals surface area contributed by atoms with Crippen LogP contribution >= 0.6 is 11.8 Å². The van der Waals surface area contributed by atoms with Crippen LogP contribution in [0.25, 0.3) is 0 Å². The highest BCUT2D eigenvalue weighted by Crippen LogP contribution is 2.20. The first-order valence-corrected chi connectivity index (χ1v) is 7.28. The van der Waals surface area contributed by atoms with Gasteiger partial charge in [-0.2, -0.15) is 0 Å². The monoisotopic (exact) mass is 307 g/mol. The molecule has 0 radical (unpaired) electrons. The number of para-hydroxylation sites is 1. The SMILES string of the molecule is COc1ccccc1CNC(=O)[C@H](C)Sc1nnnn1C. The predicted octanol–water partition coefficient (Wildman–Crippen LogP) is 1.02. The number of benzene rings is 1. The van der Waals surface area contributed by atoms with Crippen molar-refractivity contribution in [1.82, 2.24) is 25.5 Å². The van der Waals surface area contributed by atoms with E-state index in [9.17, 15) is 4.79 Å². The Labute approximate surface area is 127 Å². The van der Waals surface area contributed by atoms with Crippen molar-refractivity contribution in [3.63, 3.8) is 0 Å². The highest BCUT2D eigenvalue weighted by Gasteiger charge is 2.17. The highest BCUT2D eigenvalue weighted by molar-refractivity contribution is 8.00. The van der Waals surface area contributed by atoms with Gasteiger partial charge in [-0.05, 0) is 23.4 Å². The van der Waals surface area contributed by atoms with Gasteiger partial charge in [0.05, 0.1) is 12.4 Å². The van der Waals surface area contributed by atoms with Gasteiger partial charge in [0.15, 0.2) is 0 Å². The minimum atomic E-state index is -0.288. The molecular weight excluding hydrogens is 290 g/mol. The van der Waals surface area contributed by atoms with Crippen molar-refractivity contribution in [2.75, 3.05) is 7.11 Å². The molecule has 1 aromatic carbocycles. The summed E-state index contributed by atoms with van der Waals surface area (Å²) in [6, 6.07) is 7.59. The first-order valence-electron chi connectivity index (χ1n) is 6.40. The molecule has 0 saturated carbocycles. The second-order valence-electron chi connectivity index (χ2n) is 4.37. The number of thioether (sulfide) groups is 1. The second kappa shape index (κ2) is 7.07. The van der Waals surface area contributed by atoms with Crippen LogP contribution in [0.5, 0.6) is 5.75 Å². The van der Waals surface area contributed by atoms with E-state index in [1.807, 2.05) is 31.2 Å². The van der Waals surface area contributed by atoms with Gasteiger partial charge in [-0.1, -0.05) is 30.0 Å². The maximum atomic E-state index is 12.1. The van der Waals surface area contributed by atoms with E-state index in [4.69, 9.17) is 4.74 Å². The van der Waals surface area contributed by atoms with Gasteiger partial charge in [-0.25, -0.2) is 4.68 Å². The van der Waals surface area contributed by atoms with Crippen molar-refractivity contribution in [2.24, 2.45) is 7.05 Å². The minimum absolute atomic E-state index is 0.0751. The van der Waals surface area contributed by atoms with Gasteiger partial charge >= 0.3 is 0 Å². The lowest BCUT2D eigenvalue weighted by atomic mass is 10.2. The fraction of sp³-hybridized carbons (Fsp3) is 0.385. The summed E-state index contributed by atoms with van der Waals surface area (Å²) in [7, 11) is 3.35. The van der Waals surface area contributed by atoms with Crippen LogP contribution in [-0.4, -0.2) is 38.5 Å². The zero-order chi connectivity index (χ0) is 15.2. The van der Waals surface area contributed by atoms with E-state index in [1.165, 1.54) is 16.4 Å². The average molecular weight is 307 g/mol. The summed E-state index contributed by atoms with van der Waals surface area (Å²) < 4.78 is 6.79. The Morgan fingerprint density at radius 3 is 2.90 bits per heavy atom. The largest absolute Gasteiger partial charge is 0.496 e. The molecule has 0 spiro atoms. The van der Waals surface area contributed by atoms with Gasteiger partial charge in [0, 0.05) is 19.2 Å². The van der Waals surface area contributed by atoms with Gasteiger partial charge < -0.3 is 10.1 Å². The number of tetrazole rings is 1. The number of aromatic nitrogens is 4. The van der Waals surface area contributed by atoms with E-state index in [1.54, 1.807) is 14.2 Å².